The second-order valence-corrected chi connectivity index (χ2v) is 6.84. The van der Waals surface area contributed by atoms with Crippen LogP contribution in [0.15, 0.2) is 33.5 Å². The molecule has 1 aromatic carbocycles. The van der Waals surface area contributed by atoms with Gasteiger partial charge < -0.3 is 19.0 Å². The van der Waals surface area contributed by atoms with Gasteiger partial charge in [-0.3, -0.25) is 0 Å². The minimum absolute atomic E-state index is 0.111. The fourth-order valence-corrected chi connectivity index (χ4v) is 3.40. The molecule has 1 aromatic heterocycles. The zero-order chi connectivity index (χ0) is 18.8. The van der Waals surface area contributed by atoms with Crippen molar-refractivity contribution in [3.63, 3.8) is 0 Å². The molecule has 0 radical (unpaired) electrons. The molecule has 3 rings (SSSR count). The summed E-state index contributed by atoms with van der Waals surface area (Å²) in [5.74, 6) is 1.02. The highest BCUT2D eigenvalue weighted by Crippen LogP contribution is 2.46. The van der Waals surface area contributed by atoms with Gasteiger partial charge in [-0.05, 0) is 25.8 Å². The van der Waals surface area contributed by atoms with E-state index in [2.05, 4.69) is 6.92 Å². The molecule has 140 valence electrons. The van der Waals surface area contributed by atoms with Crippen molar-refractivity contribution in [1.82, 2.24) is 0 Å². The maximum Gasteiger partial charge on any atom is 0.336 e. The minimum atomic E-state index is -0.763. The Morgan fingerprint density at radius 2 is 2.08 bits per heavy atom. The molecule has 0 fully saturated rings. The molecule has 26 heavy (non-hydrogen) atoms. The maximum atomic E-state index is 12.1. The van der Waals surface area contributed by atoms with Crippen LogP contribution < -0.4 is 15.1 Å². The number of fused-ring (bicyclic) bond motifs is 3. The van der Waals surface area contributed by atoms with E-state index < -0.39 is 11.7 Å². The summed E-state index contributed by atoms with van der Waals surface area (Å²) in [5.41, 5.74) is 1.36. The number of aryl methyl sites for hydroxylation is 1. The first-order valence-electron chi connectivity index (χ1n) is 9.20. The fraction of sp³-hybridized carbons (Fsp3) is 0.476. The van der Waals surface area contributed by atoms with E-state index in [-0.39, 0.29) is 12.0 Å². The van der Waals surface area contributed by atoms with E-state index in [1.165, 1.54) is 6.07 Å². The lowest BCUT2D eigenvalue weighted by atomic mass is 9.88. The highest BCUT2D eigenvalue weighted by Gasteiger charge is 2.35. The van der Waals surface area contributed by atoms with Crippen LogP contribution in [-0.4, -0.2) is 17.8 Å². The van der Waals surface area contributed by atoms with E-state index in [0.717, 1.165) is 23.8 Å². The Labute approximate surface area is 153 Å². The van der Waals surface area contributed by atoms with Crippen LogP contribution in [0.25, 0.3) is 11.0 Å². The third kappa shape index (κ3) is 3.23. The molecule has 0 amide bonds. The lowest BCUT2D eigenvalue weighted by molar-refractivity contribution is 0.0178. The molecule has 0 saturated carbocycles. The zero-order valence-corrected chi connectivity index (χ0v) is 15.7. The van der Waals surface area contributed by atoms with Gasteiger partial charge in [0, 0.05) is 18.1 Å². The summed E-state index contributed by atoms with van der Waals surface area (Å²) in [7, 11) is 0. The SMILES string of the molecule is C/C=C/COc1cc2c(c3oc(=O)cc(CCC)c13)[C@@H](O)[C@@H](C)[C@@H](C)O2. The first-order valence-corrected chi connectivity index (χ1v) is 9.20. The van der Waals surface area contributed by atoms with Crippen LogP contribution in [0, 0.1) is 5.92 Å². The van der Waals surface area contributed by atoms with Crippen molar-refractivity contribution in [1.29, 1.82) is 0 Å². The van der Waals surface area contributed by atoms with Crippen molar-refractivity contribution in [2.24, 2.45) is 5.92 Å². The molecule has 0 aliphatic carbocycles. The van der Waals surface area contributed by atoms with E-state index in [4.69, 9.17) is 13.9 Å². The van der Waals surface area contributed by atoms with Gasteiger partial charge in [0.05, 0.1) is 17.1 Å². The smallest absolute Gasteiger partial charge is 0.336 e. The predicted molar refractivity (Wildman–Crippen MR) is 101 cm³/mol. The zero-order valence-electron chi connectivity index (χ0n) is 15.7. The van der Waals surface area contributed by atoms with Gasteiger partial charge in [-0.2, -0.15) is 0 Å². The summed E-state index contributed by atoms with van der Waals surface area (Å²) in [6, 6.07) is 3.33. The molecule has 2 heterocycles. The number of benzene rings is 1. The van der Waals surface area contributed by atoms with Crippen molar-refractivity contribution in [2.45, 2.75) is 52.7 Å². The van der Waals surface area contributed by atoms with E-state index in [1.807, 2.05) is 39.0 Å². The van der Waals surface area contributed by atoms with Crippen LogP contribution in [0.3, 0.4) is 0 Å². The lowest BCUT2D eigenvalue weighted by Crippen LogP contribution is -2.32. The Morgan fingerprint density at radius 1 is 1.31 bits per heavy atom. The molecule has 1 N–H and O–H groups in total. The Bertz CT molecular complexity index is 880. The standard InChI is InChI=1S/C21H26O5/c1-5-7-9-24-15-11-16-19(20(23)12(3)13(4)25-16)21-18(15)14(8-6-2)10-17(22)26-21/h5,7,10-13,20,23H,6,8-9H2,1-4H3/b7-5+/t12-,13+,20-/m0/s1. The van der Waals surface area contributed by atoms with Crippen LogP contribution >= 0.6 is 0 Å². The van der Waals surface area contributed by atoms with Gasteiger partial charge in [0.2, 0.25) is 0 Å². The average Bonchev–Trinajstić information content (AvgIpc) is 2.59. The number of allylic oxidation sites excluding steroid dienone is 1. The number of rotatable bonds is 5. The number of hydrogen-bond donors (Lipinski definition) is 1. The lowest BCUT2D eigenvalue weighted by Gasteiger charge is -2.34. The van der Waals surface area contributed by atoms with Gasteiger partial charge in [-0.1, -0.05) is 32.4 Å². The number of aliphatic hydroxyl groups excluding tert-OH is 1. The summed E-state index contributed by atoms with van der Waals surface area (Å²) < 4.78 is 17.5. The van der Waals surface area contributed by atoms with Crippen molar-refractivity contribution >= 4 is 11.0 Å². The third-order valence-corrected chi connectivity index (χ3v) is 5.00. The second kappa shape index (κ2) is 7.54. The molecule has 1 aliphatic heterocycles. The van der Waals surface area contributed by atoms with Gasteiger partial charge in [0.1, 0.15) is 24.2 Å². The molecular formula is C21H26O5. The van der Waals surface area contributed by atoms with E-state index >= 15 is 0 Å². The molecule has 1 aliphatic rings. The monoisotopic (exact) mass is 358 g/mol. The van der Waals surface area contributed by atoms with Crippen molar-refractivity contribution < 1.29 is 19.0 Å². The highest BCUT2D eigenvalue weighted by molar-refractivity contribution is 5.91. The Hall–Kier alpha value is -2.27. The second-order valence-electron chi connectivity index (χ2n) is 6.84. The van der Waals surface area contributed by atoms with Crippen LogP contribution in [0.2, 0.25) is 0 Å². The molecule has 2 aromatic rings. The van der Waals surface area contributed by atoms with Gasteiger partial charge in [-0.25, -0.2) is 4.79 Å². The molecule has 5 nitrogen and oxygen atoms in total. The summed E-state index contributed by atoms with van der Waals surface area (Å²) in [5, 5.41) is 11.6. The first kappa shape index (κ1) is 18.5. The molecule has 0 bridgehead atoms. The topological polar surface area (TPSA) is 68.9 Å². The summed E-state index contributed by atoms with van der Waals surface area (Å²) in [6.45, 7) is 8.24. The Kier molecular flexibility index (Phi) is 5.37. The Balaban J connectivity index is 2.31. The van der Waals surface area contributed by atoms with Gasteiger partial charge in [0.15, 0.2) is 5.58 Å². The quantitative estimate of drug-likeness (QED) is 0.642. The van der Waals surface area contributed by atoms with Crippen molar-refractivity contribution in [2.75, 3.05) is 6.61 Å². The number of ether oxygens (including phenoxy) is 2. The van der Waals surface area contributed by atoms with Gasteiger partial charge in [0.25, 0.3) is 0 Å². The highest BCUT2D eigenvalue weighted by atomic mass is 16.5. The summed E-state index contributed by atoms with van der Waals surface area (Å²) in [4.78, 5) is 12.1. The van der Waals surface area contributed by atoms with Crippen LogP contribution in [0.5, 0.6) is 11.5 Å². The van der Waals surface area contributed by atoms with Gasteiger partial charge >= 0.3 is 5.63 Å². The molecule has 0 saturated heterocycles. The third-order valence-electron chi connectivity index (χ3n) is 5.00. The van der Waals surface area contributed by atoms with E-state index in [9.17, 15) is 9.90 Å². The molecule has 0 spiro atoms. The number of aliphatic hydroxyl groups is 1. The summed E-state index contributed by atoms with van der Waals surface area (Å²) >= 11 is 0. The van der Waals surface area contributed by atoms with Gasteiger partial charge in [-0.15, -0.1) is 0 Å². The Morgan fingerprint density at radius 3 is 2.77 bits per heavy atom. The largest absolute Gasteiger partial charge is 0.490 e. The van der Waals surface area contributed by atoms with Crippen molar-refractivity contribution in [3.8, 4) is 11.5 Å². The molecule has 3 atom stereocenters. The fourth-order valence-electron chi connectivity index (χ4n) is 3.40. The molecular weight excluding hydrogens is 332 g/mol. The van der Waals surface area contributed by atoms with E-state index in [0.29, 0.717) is 29.3 Å². The normalized spacial score (nSPS) is 22.4. The van der Waals surface area contributed by atoms with Crippen LogP contribution in [-0.2, 0) is 6.42 Å². The van der Waals surface area contributed by atoms with Crippen LogP contribution in [0.1, 0.15) is 51.3 Å². The number of hydrogen-bond acceptors (Lipinski definition) is 5. The average molecular weight is 358 g/mol. The first-order chi connectivity index (χ1) is 12.5. The van der Waals surface area contributed by atoms with E-state index in [1.54, 1.807) is 0 Å². The van der Waals surface area contributed by atoms with Crippen LogP contribution in [0.4, 0.5) is 0 Å². The summed E-state index contributed by atoms with van der Waals surface area (Å²) in [6.07, 6.45) is 4.52. The maximum absolute atomic E-state index is 12.1. The predicted octanol–water partition coefficient (Wildman–Crippen LogP) is 4.15. The van der Waals surface area contributed by atoms with Crippen molar-refractivity contribution in [3.05, 3.63) is 45.8 Å². The minimum Gasteiger partial charge on any atom is -0.490 e. The molecule has 5 heteroatoms. The molecule has 0 unspecified atom stereocenters.